The molecule has 23 heavy (non-hydrogen) atoms. The van der Waals surface area contributed by atoms with Gasteiger partial charge in [0.25, 0.3) is 11.8 Å². The normalized spacial score (nSPS) is 10.0. The lowest BCUT2D eigenvalue weighted by molar-refractivity contribution is -0.137. The van der Waals surface area contributed by atoms with Crippen LogP contribution in [0.1, 0.15) is 29.6 Å². The van der Waals surface area contributed by atoms with E-state index >= 15 is 0 Å². The quantitative estimate of drug-likeness (QED) is 0.665. The van der Waals surface area contributed by atoms with Gasteiger partial charge >= 0.3 is 5.97 Å². The maximum atomic E-state index is 12.1. The number of hydrogen-bond donors (Lipinski definition) is 2. The van der Waals surface area contributed by atoms with Crippen molar-refractivity contribution in [3.8, 4) is 5.75 Å². The number of hydrogen-bond acceptors (Lipinski definition) is 4. The summed E-state index contributed by atoms with van der Waals surface area (Å²) in [6.45, 7) is 0.243. The molecule has 0 aliphatic carbocycles. The van der Waals surface area contributed by atoms with Crippen LogP contribution in [0.25, 0.3) is 0 Å². The first-order valence-electron chi connectivity index (χ1n) is 7.33. The maximum Gasteiger partial charge on any atom is 0.303 e. The first kappa shape index (κ1) is 18.5. The molecule has 0 fully saturated rings. The third-order valence-corrected chi connectivity index (χ3v) is 3.08. The summed E-state index contributed by atoms with van der Waals surface area (Å²) in [6.07, 6.45) is 1.17. The van der Waals surface area contributed by atoms with Gasteiger partial charge in [-0.05, 0) is 25.0 Å². The number of ether oxygens (including phenoxy) is 1. The van der Waals surface area contributed by atoms with E-state index in [-0.39, 0.29) is 24.8 Å². The van der Waals surface area contributed by atoms with Crippen LogP contribution in [0, 0.1) is 0 Å². The monoisotopic (exact) mass is 322 g/mol. The van der Waals surface area contributed by atoms with Crippen molar-refractivity contribution in [2.24, 2.45) is 0 Å². The van der Waals surface area contributed by atoms with E-state index in [1.54, 1.807) is 38.4 Å². The molecule has 2 amide bonds. The van der Waals surface area contributed by atoms with Gasteiger partial charge in [0.2, 0.25) is 0 Å². The second-order valence-corrected chi connectivity index (χ2v) is 5.18. The van der Waals surface area contributed by atoms with Crippen LogP contribution in [0.15, 0.2) is 24.3 Å². The molecule has 126 valence electrons. The number of carbonyl (C=O) groups is 3. The summed E-state index contributed by atoms with van der Waals surface area (Å²) in [5.41, 5.74) is 0.345. The van der Waals surface area contributed by atoms with Gasteiger partial charge in [-0.15, -0.1) is 0 Å². The molecule has 0 atom stereocenters. The maximum absolute atomic E-state index is 12.1. The van der Waals surface area contributed by atoms with Crippen molar-refractivity contribution in [2.75, 3.05) is 27.2 Å². The molecule has 1 aromatic carbocycles. The smallest absolute Gasteiger partial charge is 0.303 e. The van der Waals surface area contributed by atoms with Crippen molar-refractivity contribution < 1.29 is 24.2 Å². The van der Waals surface area contributed by atoms with Gasteiger partial charge in [0, 0.05) is 27.1 Å². The summed E-state index contributed by atoms with van der Waals surface area (Å²) in [4.78, 5) is 35.5. The molecule has 0 heterocycles. The second-order valence-electron chi connectivity index (χ2n) is 5.18. The molecule has 0 radical (unpaired) electrons. The molecule has 7 heteroatoms. The van der Waals surface area contributed by atoms with Gasteiger partial charge in [-0.2, -0.15) is 0 Å². The molecule has 1 rings (SSSR count). The number of carboxylic acids is 1. The third kappa shape index (κ3) is 6.82. The van der Waals surface area contributed by atoms with Crippen molar-refractivity contribution in [3.05, 3.63) is 29.8 Å². The Balaban J connectivity index is 2.53. The van der Waals surface area contributed by atoms with E-state index < -0.39 is 5.97 Å². The highest BCUT2D eigenvalue weighted by atomic mass is 16.5. The van der Waals surface area contributed by atoms with Crippen LogP contribution in [0.4, 0.5) is 0 Å². The summed E-state index contributed by atoms with van der Waals surface area (Å²) in [6, 6.07) is 6.67. The lowest BCUT2D eigenvalue weighted by Crippen LogP contribution is -2.29. The molecule has 2 N–H and O–H groups in total. The van der Waals surface area contributed by atoms with Gasteiger partial charge in [-0.3, -0.25) is 14.4 Å². The molecule has 0 aliphatic rings. The summed E-state index contributed by atoms with van der Waals surface area (Å²) < 4.78 is 5.41. The molecule has 0 bridgehead atoms. The van der Waals surface area contributed by atoms with Crippen molar-refractivity contribution in [3.63, 3.8) is 0 Å². The van der Waals surface area contributed by atoms with Gasteiger partial charge in [0.05, 0.1) is 5.56 Å². The minimum Gasteiger partial charge on any atom is -0.483 e. The molecular weight excluding hydrogens is 300 g/mol. The van der Waals surface area contributed by atoms with Crippen molar-refractivity contribution >= 4 is 17.8 Å². The third-order valence-electron chi connectivity index (χ3n) is 3.08. The Morgan fingerprint density at radius 1 is 1.17 bits per heavy atom. The summed E-state index contributed by atoms with van der Waals surface area (Å²) in [7, 11) is 3.25. The molecule has 7 nitrogen and oxygen atoms in total. The van der Waals surface area contributed by atoms with Gasteiger partial charge < -0.3 is 20.1 Å². The lowest BCUT2D eigenvalue weighted by atomic mass is 10.2. The average molecular weight is 322 g/mol. The number of nitrogens with one attached hydrogen (secondary N) is 1. The highest BCUT2D eigenvalue weighted by molar-refractivity contribution is 5.97. The van der Waals surface area contributed by atoms with E-state index in [1.165, 1.54) is 4.90 Å². The predicted octanol–water partition coefficient (Wildman–Crippen LogP) is 1.14. The van der Waals surface area contributed by atoms with Gasteiger partial charge in [-0.1, -0.05) is 12.1 Å². The Kier molecular flexibility index (Phi) is 7.59. The zero-order chi connectivity index (χ0) is 17.2. The van der Waals surface area contributed by atoms with Crippen LogP contribution in [0.3, 0.4) is 0 Å². The molecule has 0 saturated carbocycles. The summed E-state index contributed by atoms with van der Waals surface area (Å²) >= 11 is 0. The van der Waals surface area contributed by atoms with Crippen LogP contribution in [0.2, 0.25) is 0 Å². The number of amides is 2. The van der Waals surface area contributed by atoms with E-state index in [2.05, 4.69) is 5.32 Å². The Morgan fingerprint density at radius 2 is 1.87 bits per heavy atom. The number of carbonyl (C=O) groups excluding carboxylic acids is 2. The number of para-hydroxylation sites is 1. The zero-order valence-electron chi connectivity index (χ0n) is 13.4. The zero-order valence-corrected chi connectivity index (χ0v) is 13.4. The largest absolute Gasteiger partial charge is 0.483 e. The fourth-order valence-corrected chi connectivity index (χ4v) is 1.75. The van der Waals surface area contributed by atoms with Gasteiger partial charge in [0.15, 0.2) is 6.61 Å². The first-order valence-corrected chi connectivity index (χ1v) is 7.33. The predicted molar refractivity (Wildman–Crippen MR) is 84.5 cm³/mol. The number of rotatable bonds is 9. The number of carboxylic acid groups (broad SMARTS) is 1. The molecular formula is C16H22N2O5. The SMILES string of the molecule is CN(C)C(=O)COc1ccccc1C(=O)NCCCCC(=O)O. The van der Waals surface area contributed by atoms with E-state index in [0.29, 0.717) is 30.7 Å². The number of nitrogens with zero attached hydrogens (tertiary/aromatic N) is 1. The minimum absolute atomic E-state index is 0.0855. The van der Waals surface area contributed by atoms with Crippen molar-refractivity contribution in [1.82, 2.24) is 10.2 Å². The van der Waals surface area contributed by atoms with Gasteiger partial charge in [-0.25, -0.2) is 0 Å². The molecule has 0 spiro atoms. The first-order chi connectivity index (χ1) is 10.9. The van der Waals surface area contributed by atoms with Crippen LogP contribution in [-0.2, 0) is 9.59 Å². The summed E-state index contributed by atoms with van der Waals surface area (Å²) in [5.74, 6) is -1.02. The molecule has 0 unspecified atom stereocenters. The lowest BCUT2D eigenvalue weighted by Gasteiger charge is -2.14. The highest BCUT2D eigenvalue weighted by Gasteiger charge is 2.13. The number of benzene rings is 1. The molecule has 1 aromatic rings. The fraction of sp³-hybridized carbons (Fsp3) is 0.438. The average Bonchev–Trinajstić information content (AvgIpc) is 2.51. The standard InChI is InChI=1S/C16H22N2O5/c1-18(2)14(19)11-23-13-8-4-3-7-12(13)16(22)17-10-6-5-9-15(20)21/h3-4,7-8H,5-6,9-11H2,1-2H3,(H,17,22)(H,20,21). The number of unbranched alkanes of at least 4 members (excludes halogenated alkanes) is 1. The number of likely N-dealkylation sites (N-methyl/N-ethyl adjacent to an activating group) is 1. The van der Waals surface area contributed by atoms with Crippen LogP contribution in [-0.4, -0.2) is 55.0 Å². The highest BCUT2D eigenvalue weighted by Crippen LogP contribution is 2.17. The van der Waals surface area contributed by atoms with E-state index in [0.717, 1.165) is 0 Å². The van der Waals surface area contributed by atoms with E-state index in [4.69, 9.17) is 9.84 Å². The van der Waals surface area contributed by atoms with Crippen molar-refractivity contribution in [1.29, 1.82) is 0 Å². The van der Waals surface area contributed by atoms with Crippen LogP contribution in [0.5, 0.6) is 5.75 Å². The Bertz CT molecular complexity index is 557. The Hall–Kier alpha value is -2.57. The minimum atomic E-state index is -0.847. The Morgan fingerprint density at radius 3 is 2.52 bits per heavy atom. The molecule has 0 aromatic heterocycles. The van der Waals surface area contributed by atoms with Crippen LogP contribution < -0.4 is 10.1 Å². The molecule has 0 aliphatic heterocycles. The van der Waals surface area contributed by atoms with E-state index in [9.17, 15) is 14.4 Å². The topological polar surface area (TPSA) is 95.9 Å². The van der Waals surface area contributed by atoms with E-state index in [1.807, 2.05) is 0 Å². The number of aliphatic carboxylic acids is 1. The van der Waals surface area contributed by atoms with Crippen LogP contribution >= 0.6 is 0 Å². The second kappa shape index (κ2) is 9.45. The van der Waals surface area contributed by atoms with Crippen molar-refractivity contribution in [2.45, 2.75) is 19.3 Å². The molecule has 0 saturated heterocycles. The summed E-state index contributed by atoms with van der Waals surface area (Å²) in [5, 5.41) is 11.3. The van der Waals surface area contributed by atoms with Gasteiger partial charge in [0.1, 0.15) is 5.75 Å². The fourth-order valence-electron chi connectivity index (χ4n) is 1.75. The Labute approximate surface area is 135 Å².